The molecule has 0 aliphatic carbocycles. The normalized spacial score (nSPS) is 11.2. The van der Waals surface area contributed by atoms with Crippen LogP contribution in [0.25, 0.3) is 5.69 Å². The topological polar surface area (TPSA) is 137 Å². The lowest BCUT2D eigenvalue weighted by Crippen LogP contribution is -2.31. The fraction of sp³-hybridized carbons (Fsp3) is 0.143. The zero-order valence-corrected chi connectivity index (χ0v) is 16.3. The van der Waals surface area contributed by atoms with Gasteiger partial charge in [-0.2, -0.15) is 5.10 Å². The van der Waals surface area contributed by atoms with Crippen molar-refractivity contribution in [2.45, 2.75) is 19.8 Å². The molecule has 0 unspecified atom stereocenters. The average Bonchev–Trinajstić information content (AvgIpc) is 2.70. The quantitative estimate of drug-likeness (QED) is 0.377. The molecule has 1 amide bonds. The van der Waals surface area contributed by atoms with Crippen molar-refractivity contribution in [3.63, 3.8) is 0 Å². The van der Waals surface area contributed by atoms with Crippen molar-refractivity contribution in [2.75, 3.05) is 0 Å². The fourth-order valence-electron chi connectivity index (χ4n) is 2.78. The molecule has 9 heteroatoms. The SMILES string of the molecule is CC(C)c1ccc(-n2c(O)c(/C=N/NC(=O)c3ccccc3O)c(=O)[nH]c2=O)cc1. The third-order valence-corrected chi connectivity index (χ3v) is 4.45. The first kappa shape index (κ1) is 20.6. The molecule has 4 N–H and O–H groups in total. The summed E-state index contributed by atoms with van der Waals surface area (Å²) in [4.78, 5) is 38.5. The predicted molar refractivity (Wildman–Crippen MR) is 112 cm³/mol. The standard InChI is InChI=1S/C21H20N4O5/c1-12(2)13-7-9-14(10-8-13)25-20(29)16(18(27)23-21(25)30)11-22-24-19(28)15-5-3-4-6-17(15)26/h3-12,26,29H,1-2H3,(H,24,28)(H,23,27,30)/b22-11+. The lowest BCUT2D eigenvalue weighted by Gasteiger charge is -2.11. The van der Waals surface area contributed by atoms with Gasteiger partial charge in [0.15, 0.2) is 0 Å². The van der Waals surface area contributed by atoms with Gasteiger partial charge in [0.25, 0.3) is 11.5 Å². The maximum atomic E-state index is 12.2. The van der Waals surface area contributed by atoms with Gasteiger partial charge in [-0.15, -0.1) is 0 Å². The molecule has 9 nitrogen and oxygen atoms in total. The summed E-state index contributed by atoms with van der Waals surface area (Å²) in [5, 5.41) is 23.8. The van der Waals surface area contributed by atoms with E-state index in [1.807, 2.05) is 26.0 Å². The van der Waals surface area contributed by atoms with Gasteiger partial charge in [-0.1, -0.05) is 38.1 Å². The van der Waals surface area contributed by atoms with Crippen molar-refractivity contribution < 1.29 is 15.0 Å². The molecule has 0 atom stereocenters. The second-order valence-corrected chi connectivity index (χ2v) is 6.79. The van der Waals surface area contributed by atoms with Crippen LogP contribution in [0.4, 0.5) is 0 Å². The first-order valence-corrected chi connectivity index (χ1v) is 9.09. The summed E-state index contributed by atoms with van der Waals surface area (Å²) in [6.45, 7) is 4.05. The van der Waals surface area contributed by atoms with Gasteiger partial charge in [-0.25, -0.2) is 14.8 Å². The van der Waals surface area contributed by atoms with Gasteiger partial charge in [0.05, 0.1) is 17.5 Å². The molecule has 0 aliphatic rings. The minimum atomic E-state index is -0.867. The number of amides is 1. The van der Waals surface area contributed by atoms with Crippen LogP contribution >= 0.6 is 0 Å². The Bertz CT molecular complexity index is 1220. The number of phenols is 1. The number of aromatic amines is 1. The number of rotatable bonds is 5. The summed E-state index contributed by atoms with van der Waals surface area (Å²) in [6, 6.07) is 12.8. The van der Waals surface area contributed by atoms with Crippen molar-refractivity contribution in [1.29, 1.82) is 0 Å². The Kier molecular flexibility index (Phi) is 5.82. The Morgan fingerprint density at radius 3 is 2.40 bits per heavy atom. The van der Waals surface area contributed by atoms with Crippen LogP contribution in [0.5, 0.6) is 11.6 Å². The molecule has 154 valence electrons. The van der Waals surface area contributed by atoms with Gasteiger partial charge in [-0.3, -0.25) is 14.6 Å². The summed E-state index contributed by atoms with van der Waals surface area (Å²) < 4.78 is 0.928. The van der Waals surface area contributed by atoms with Crippen LogP contribution in [-0.4, -0.2) is 31.9 Å². The number of hydrogen-bond acceptors (Lipinski definition) is 6. The van der Waals surface area contributed by atoms with Crippen LogP contribution in [0.1, 0.15) is 41.3 Å². The lowest BCUT2D eigenvalue weighted by molar-refractivity contribution is 0.0952. The van der Waals surface area contributed by atoms with Gasteiger partial charge >= 0.3 is 5.69 Å². The Morgan fingerprint density at radius 1 is 1.10 bits per heavy atom. The number of hydrazone groups is 1. The second-order valence-electron chi connectivity index (χ2n) is 6.79. The van der Waals surface area contributed by atoms with E-state index in [0.29, 0.717) is 5.69 Å². The van der Waals surface area contributed by atoms with E-state index in [0.717, 1.165) is 16.3 Å². The highest BCUT2D eigenvalue weighted by atomic mass is 16.3. The van der Waals surface area contributed by atoms with Crippen molar-refractivity contribution in [3.05, 3.63) is 86.1 Å². The molecule has 30 heavy (non-hydrogen) atoms. The van der Waals surface area contributed by atoms with Crippen LogP contribution in [-0.2, 0) is 0 Å². The first-order chi connectivity index (χ1) is 14.3. The molecular formula is C21H20N4O5. The summed E-state index contributed by atoms with van der Waals surface area (Å²) >= 11 is 0. The molecule has 2 aromatic carbocycles. The minimum absolute atomic E-state index is 0.0111. The van der Waals surface area contributed by atoms with Crippen LogP contribution in [0.15, 0.2) is 63.2 Å². The molecule has 0 bridgehead atoms. The Morgan fingerprint density at radius 2 is 1.77 bits per heavy atom. The molecule has 0 fully saturated rings. The van der Waals surface area contributed by atoms with E-state index in [2.05, 4.69) is 15.5 Å². The number of carbonyl (C=O) groups is 1. The summed E-state index contributed by atoms with van der Waals surface area (Å²) in [6.07, 6.45) is 0.921. The Hall–Kier alpha value is -4.14. The van der Waals surface area contributed by atoms with E-state index in [4.69, 9.17) is 0 Å². The molecule has 0 radical (unpaired) electrons. The largest absolute Gasteiger partial charge is 0.507 e. The zero-order chi connectivity index (χ0) is 21.8. The molecule has 0 spiro atoms. The van der Waals surface area contributed by atoms with E-state index in [1.54, 1.807) is 24.3 Å². The zero-order valence-electron chi connectivity index (χ0n) is 16.3. The van der Waals surface area contributed by atoms with Crippen molar-refractivity contribution >= 4 is 12.1 Å². The number of phenolic OH excluding ortho intramolecular Hbond substituents is 1. The third kappa shape index (κ3) is 4.14. The molecule has 3 rings (SSSR count). The number of nitrogens with zero attached hydrogens (tertiary/aromatic N) is 2. The molecule has 1 aromatic heterocycles. The number of aromatic hydroxyl groups is 2. The smallest absolute Gasteiger partial charge is 0.335 e. The highest BCUT2D eigenvalue weighted by molar-refractivity contribution is 5.97. The molecule has 0 aliphatic heterocycles. The molecule has 0 saturated heterocycles. The molecular weight excluding hydrogens is 388 g/mol. The number of hydrogen-bond donors (Lipinski definition) is 4. The number of H-pyrrole nitrogens is 1. The van der Waals surface area contributed by atoms with Gasteiger partial charge in [0.1, 0.15) is 11.3 Å². The number of benzene rings is 2. The van der Waals surface area contributed by atoms with E-state index >= 15 is 0 Å². The van der Waals surface area contributed by atoms with E-state index < -0.39 is 23.0 Å². The van der Waals surface area contributed by atoms with Gasteiger partial charge in [0.2, 0.25) is 5.88 Å². The van der Waals surface area contributed by atoms with Crippen molar-refractivity contribution in [3.8, 4) is 17.3 Å². The number of aromatic nitrogens is 2. The van der Waals surface area contributed by atoms with Crippen LogP contribution in [0.3, 0.4) is 0 Å². The second kappa shape index (κ2) is 8.48. The maximum Gasteiger partial charge on any atom is 0.335 e. The molecule has 1 heterocycles. The van der Waals surface area contributed by atoms with Crippen LogP contribution < -0.4 is 16.7 Å². The first-order valence-electron chi connectivity index (χ1n) is 9.09. The van der Waals surface area contributed by atoms with Gasteiger partial charge in [0, 0.05) is 0 Å². The fourth-order valence-corrected chi connectivity index (χ4v) is 2.78. The lowest BCUT2D eigenvalue weighted by atomic mass is 10.0. The highest BCUT2D eigenvalue weighted by Crippen LogP contribution is 2.19. The monoisotopic (exact) mass is 408 g/mol. The van der Waals surface area contributed by atoms with E-state index in [1.165, 1.54) is 12.1 Å². The average molecular weight is 408 g/mol. The number of nitrogens with one attached hydrogen (secondary N) is 2. The number of carbonyl (C=O) groups excluding carboxylic acids is 1. The number of para-hydroxylation sites is 1. The van der Waals surface area contributed by atoms with Crippen LogP contribution in [0.2, 0.25) is 0 Å². The summed E-state index contributed by atoms with van der Waals surface area (Å²) in [5.41, 5.74) is 1.54. The van der Waals surface area contributed by atoms with Crippen LogP contribution in [0, 0.1) is 0 Å². The Labute approximate surface area is 171 Å². The van der Waals surface area contributed by atoms with Gasteiger partial charge in [-0.05, 0) is 35.7 Å². The molecule has 0 saturated carbocycles. The van der Waals surface area contributed by atoms with E-state index in [9.17, 15) is 24.6 Å². The maximum absolute atomic E-state index is 12.2. The molecule has 3 aromatic rings. The highest BCUT2D eigenvalue weighted by Gasteiger charge is 2.15. The van der Waals surface area contributed by atoms with E-state index in [-0.39, 0.29) is 22.8 Å². The predicted octanol–water partition coefficient (Wildman–Crippen LogP) is 1.82. The van der Waals surface area contributed by atoms with Crippen molar-refractivity contribution in [2.24, 2.45) is 5.10 Å². The van der Waals surface area contributed by atoms with Gasteiger partial charge < -0.3 is 10.2 Å². The van der Waals surface area contributed by atoms with Crippen molar-refractivity contribution in [1.82, 2.24) is 15.0 Å². The summed E-state index contributed by atoms with van der Waals surface area (Å²) in [7, 11) is 0. The summed E-state index contributed by atoms with van der Waals surface area (Å²) in [5.74, 6) is -1.28. The third-order valence-electron chi connectivity index (χ3n) is 4.45. The Balaban J connectivity index is 1.92. The minimum Gasteiger partial charge on any atom is -0.507 e.